The Balaban J connectivity index is 2.34. The molecule has 0 amide bonds. The fourth-order valence-electron chi connectivity index (χ4n) is 1.35. The SMILES string of the molecule is C#CCC(=O)C1CCCCN1. The molecule has 0 aliphatic carbocycles. The van der Waals surface area contributed by atoms with Crippen LogP contribution in [0.3, 0.4) is 0 Å². The molecule has 60 valence electrons. The second kappa shape index (κ2) is 4.15. The lowest BCUT2D eigenvalue weighted by Gasteiger charge is -2.21. The maximum Gasteiger partial charge on any atom is 0.161 e. The van der Waals surface area contributed by atoms with Gasteiger partial charge in [-0.2, -0.15) is 0 Å². The molecule has 2 heteroatoms. The molecule has 0 radical (unpaired) electrons. The van der Waals surface area contributed by atoms with Crippen LogP contribution in [0.5, 0.6) is 0 Å². The van der Waals surface area contributed by atoms with E-state index in [4.69, 9.17) is 6.42 Å². The van der Waals surface area contributed by atoms with Gasteiger partial charge in [0.05, 0.1) is 12.5 Å². The lowest BCUT2D eigenvalue weighted by molar-refractivity contribution is -0.120. The molecular formula is C9H13NO. The summed E-state index contributed by atoms with van der Waals surface area (Å²) in [6.45, 7) is 0.959. The molecule has 1 unspecified atom stereocenters. The van der Waals surface area contributed by atoms with Crippen molar-refractivity contribution in [2.45, 2.75) is 31.7 Å². The molecule has 1 fully saturated rings. The molecule has 0 spiro atoms. The Morgan fingerprint density at radius 2 is 2.45 bits per heavy atom. The summed E-state index contributed by atoms with van der Waals surface area (Å²) < 4.78 is 0. The molecule has 1 N–H and O–H groups in total. The number of carbonyl (C=O) groups is 1. The fourth-order valence-corrected chi connectivity index (χ4v) is 1.35. The second-order valence-corrected chi connectivity index (χ2v) is 2.85. The van der Waals surface area contributed by atoms with Gasteiger partial charge in [-0.15, -0.1) is 6.42 Å². The first-order valence-corrected chi connectivity index (χ1v) is 4.04. The van der Waals surface area contributed by atoms with Crippen molar-refractivity contribution in [1.29, 1.82) is 0 Å². The Morgan fingerprint density at radius 1 is 1.64 bits per heavy atom. The number of ketones is 1. The molecule has 0 aromatic carbocycles. The first-order chi connectivity index (χ1) is 5.34. The Bertz CT molecular complexity index is 174. The molecule has 0 saturated carbocycles. The molecule has 1 aliphatic rings. The van der Waals surface area contributed by atoms with Crippen molar-refractivity contribution >= 4 is 5.78 Å². The minimum atomic E-state index is 0.0415. The third-order valence-corrected chi connectivity index (χ3v) is 1.98. The van der Waals surface area contributed by atoms with Crippen molar-refractivity contribution < 1.29 is 4.79 Å². The Morgan fingerprint density at radius 3 is 3.00 bits per heavy atom. The Hall–Kier alpha value is -0.810. The van der Waals surface area contributed by atoms with Gasteiger partial charge in [-0.3, -0.25) is 4.79 Å². The summed E-state index contributed by atoms with van der Waals surface area (Å²) >= 11 is 0. The highest BCUT2D eigenvalue weighted by atomic mass is 16.1. The first-order valence-electron chi connectivity index (χ1n) is 4.04. The van der Waals surface area contributed by atoms with E-state index >= 15 is 0 Å². The summed E-state index contributed by atoms with van der Waals surface area (Å²) in [7, 11) is 0. The average molecular weight is 151 g/mol. The minimum Gasteiger partial charge on any atom is -0.307 e. The van der Waals surface area contributed by atoms with E-state index in [1.165, 1.54) is 6.42 Å². The van der Waals surface area contributed by atoms with Crippen LogP contribution in [0, 0.1) is 12.3 Å². The summed E-state index contributed by atoms with van der Waals surface area (Å²) in [6, 6.07) is 0.0415. The van der Waals surface area contributed by atoms with Gasteiger partial charge in [0.2, 0.25) is 0 Å². The van der Waals surface area contributed by atoms with Gasteiger partial charge in [0, 0.05) is 0 Å². The van der Waals surface area contributed by atoms with Gasteiger partial charge < -0.3 is 5.32 Å². The zero-order chi connectivity index (χ0) is 8.10. The van der Waals surface area contributed by atoms with Crippen LogP contribution in [0.15, 0.2) is 0 Å². The van der Waals surface area contributed by atoms with Gasteiger partial charge in [0.25, 0.3) is 0 Å². The third-order valence-electron chi connectivity index (χ3n) is 1.98. The van der Waals surface area contributed by atoms with E-state index in [9.17, 15) is 4.79 Å². The highest BCUT2D eigenvalue weighted by Gasteiger charge is 2.18. The third kappa shape index (κ3) is 2.36. The van der Waals surface area contributed by atoms with Crippen LogP contribution in [-0.2, 0) is 4.79 Å². The molecule has 0 aromatic rings. The van der Waals surface area contributed by atoms with Gasteiger partial charge in [-0.1, -0.05) is 12.3 Å². The lowest BCUT2D eigenvalue weighted by atomic mass is 10.00. The van der Waals surface area contributed by atoms with E-state index in [0.717, 1.165) is 19.4 Å². The van der Waals surface area contributed by atoms with Gasteiger partial charge in [0.15, 0.2) is 5.78 Å². The van der Waals surface area contributed by atoms with Crippen LogP contribution in [0.2, 0.25) is 0 Å². The number of nitrogens with one attached hydrogen (secondary N) is 1. The molecule has 0 bridgehead atoms. The molecule has 11 heavy (non-hydrogen) atoms. The predicted molar refractivity (Wildman–Crippen MR) is 44.1 cm³/mol. The maximum absolute atomic E-state index is 11.2. The van der Waals surface area contributed by atoms with Gasteiger partial charge >= 0.3 is 0 Å². The Labute approximate surface area is 67.4 Å². The normalized spacial score (nSPS) is 24.1. The van der Waals surface area contributed by atoms with E-state index < -0.39 is 0 Å². The molecule has 1 aliphatic heterocycles. The number of Topliss-reactive ketones (excluding diaryl/α,β-unsaturated/α-hetero) is 1. The monoisotopic (exact) mass is 151 g/mol. The molecular weight excluding hydrogens is 138 g/mol. The number of rotatable bonds is 2. The van der Waals surface area contributed by atoms with Crippen LogP contribution < -0.4 is 5.32 Å². The highest BCUT2D eigenvalue weighted by molar-refractivity contribution is 5.86. The van der Waals surface area contributed by atoms with Crippen molar-refractivity contribution in [3.63, 3.8) is 0 Å². The number of terminal acetylenes is 1. The van der Waals surface area contributed by atoms with Crippen molar-refractivity contribution in [2.75, 3.05) is 6.54 Å². The van der Waals surface area contributed by atoms with Crippen molar-refractivity contribution in [1.82, 2.24) is 5.32 Å². The molecule has 2 nitrogen and oxygen atoms in total. The van der Waals surface area contributed by atoms with Gasteiger partial charge in [-0.25, -0.2) is 0 Å². The number of piperidine rings is 1. The minimum absolute atomic E-state index is 0.0415. The van der Waals surface area contributed by atoms with E-state index in [2.05, 4.69) is 11.2 Å². The average Bonchev–Trinajstić information content (AvgIpc) is 2.07. The standard InChI is InChI=1S/C9H13NO/c1-2-5-9(11)8-6-3-4-7-10-8/h1,8,10H,3-7H2. The zero-order valence-electron chi connectivity index (χ0n) is 6.60. The van der Waals surface area contributed by atoms with E-state index in [-0.39, 0.29) is 18.2 Å². The summed E-state index contributed by atoms with van der Waals surface area (Å²) in [5.74, 6) is 2.55. The van der Waals surface area contributed by atoms with Gasteiger partial charge in [-0.05, 0) is 19.4 Å². The van der Waals surface area contributed by atoms with Gasteiger partial charge in [0.1, 0.15) is 0 Å². The predicted octanol–water partition coefficient (Wildman–Crippen LogP) is 0.721. The molecule has 1 rings (SSSR count). The topological polar surface area (TPSA) is 29.1 Å². The molecule has 1 atom stereocenters. The van der Waals surface area contributed by atoms with Crippen LogP contribution in [0.25, 0.3) is 0 Å². The fraction of sp³-hybridized carbons (Fsp3) is 0.667. The highest BCUT2D eigenvalue weighted by Crippen LogP contribution is 2.08. The lowest BCUT2D eigenvalue weighted by Crippen LogP contribution is -2.40. The largest absolute Gasteiger partial charge is 0.307 e. The summed E-state index contributed by atoms with van der Waals surface area (Å²) in [5.41, 5.74) is 0. The zero-order valence-corrected chi connectivity index (χ0v) is 6.60. The number of carbonyl (C=O) groups excluding carboxylic acids is 1. The van der Waals surface area contributed by atoms with Crippen LogP contribution in [-0.4, -0.2) is 18.4 Å². The smallest absolute Gasteiger partial charge is 0.161 e. The summed E-state index contributed by atoms with van der Waals surface area (Å²) in [6.07, 6.45) is 8.60. The molecule has 1 saturated heterocycles. The van der Waals surface area contributed by atoms with Crippen LogP contribution in [0.1, 0.15) is 25.7 Å². The summed E-state index contributed by atoms with van der Waals surface area (Å²) in [4.78, 5) is 11.2. The number of hydrogen-bond donors (Lipinski definition) is 1. The number of hydrogen-bond acceptors (Lipinski definition) is 2. The first kappa shape index (κ1) is 8.29. The quantitative estimate of drug-likeness (QED) is 0.589. The maximum atomic E-state index is 11.2. The van der Waals surface area contributed by atoms with E-state index in [1.54, 1.807) is 0 Å². The van der Waals surface area contributed by atoms with E-state index in [0.29, 0.717) is 0 Å². The summed E-state index contributed by atoms with van der Waals surface area (Å²) in [5, 5.41) is 3.16. The van der Waals surface area contributed by atoms with Crippen molar-refractivity contribution in [2.24, 2.45) is 0 Å². The molecule has 0 aromatic heterocycles. The van der Waals surface area contributed by atoms with Crippen LogP contribution >= 0.6 is 0 Å². The van der Waals surface area contributed by atoms with E-state index in [1.807, 2.05) is 0 Å². The van der Waals surface area contributed by atoms with Crippen molar-refractivity contribution in [3.05, 3.63) is 0 Å². The Kier molecular flexibility index (Phi) is 3.13. The molecule has 1 heterocycles. The van der Waals surface area contributed by atoms with Crippen LogP contribution in [0.4, 0.5) is 0 Å². The van der Waals surface area contributed by atoms with Crippen molar-refractivity contribution in [3.8, 4) is 12.3 Å². The second-order valence-electron chi connectivity index (χ2n) is 2.85.